The first-order chi connectivity index (χ1) is 12.8. The summed E-state index contributed by atoms with van der Waals surface area (Å²) in [6.45, 7) is 1.70. The smallest absolute Gasteiger partial charge is 0.271 e. The molecule has 3 aromatic rings. The number of aromatic nitrogens is 4. The zero-order valence-corrected chi connectivity index (χ0v) is 14.3. The number of hydrogen-bond acceptors (Lipinski definition) is 5. The Balaban J connectivity index is 1.34. The van der Waals surface area contributed by atoms with E-state index in [0.29, 0.717) is 5.69 Å². The van der Waals surface area contributed by atoms with Gasteiger partial charge in [0.15, 0.2) is 5.82 Å². The summed E-state index contributed by atoms with van der Waals surface area (Å²) in [4.78, 5) is 22.4. The molecule has 4 rings (SSSR count). The minimum absolute atomic E-state index is 0.147. The van der Waals surface area contributed by atoms with Gasteiger partial charge in [0.1, 0.15) is 5.69 Å². The topological polar surface area (TPSA) is 86.8 Å². The summed E-state index contributed by atoms with van der Waals surface area (Å²) < 4.78 is 0. The minimum Gasteiger partial charge on any atom is -0.355 e. The van der Waals surface area contributed by atoms with Crippen molar-refractivity contribution < 1.29 is 4.79 Å². The highest BCUT2D eigenvalue weighted by molar-refractivity contribution is 5.92. The van der Waals surface area contributed by atoms with E-state index in [2.05, 4.69) is 48.6 Å². The first-order valence-corrected chi connectivity index (χ1v) is 8.72. The van der Waals surface area contributed by atoms with E-state index >= 15 is 0 Å². The van der Waals surface area contributed by atoms with Crippen molar-refractivity contribution in [1.82, 2.24) is 25.5 Å². The van der Waals surface area contributed by atoms with Crippen LogP contribution in [0.1, 0.15) is 23.3 Å². The number of nitrogens with one attached hydrogen (secondary N) is 2. The highest BCUT2D eigenvalue weighted by Gasteiger charge is 2.23. The van der Waals surface area contributed by atoms with E-state index in [0.717, 1.165) is 43.0 Å². The van der Waals surface area contributed by atoms with Crippen LogP contribution in [0.15, 0.2) is 55.0 Å². The van der Waals surface area contributed by atoms with Crippen LogP contribution >= 0.6 is 0 Å². The van der Waals surface area contributed by atoms with E-state index in [1.165, 1.54) is 12.4 Å². The standard InChI is InChI=1S/C19H20N6O/c26-19(17-13-20-8-9-21-17)22-15-6-10-25(11-7-15)18-12-16(23-24-18)14-4-2-1-3-5-14/h1-5,8-9,12-13,15H,6-7,10-11H2,(H,22,26)(H,23,24). The summed E-state index contributed by atoms with van der Waals surface area (Å²) in [5, 5.41) is 10.6. The van der Waals surface area contributed by atoms with Crippen LogP contribution < -0.4 is 10.2 Å². The van der Waals surface area contributed by atoms with Crippen molar-refractivity contribution in [3.63, 3.8) is 0 Å². The van der Waals surface area contributed by atoms with Crippen LogP contribution in [0.4, 0.5) is 5.82 Å². The number of piperidine rings is 1. The minimum atomic E-state index is -0.164. The first kappa shape index (κ1) is 16.3. The molecule has 26 heavy (non-hydrogen) atoms. The van der Waals surface area contributed by atoms with E-state index in [-0.39, 0.29) is 11.9 Å². The van der Waals surface area contributed by atoms with E-state index in [1.807, 2.05) is 18.2 Å². The lowest BCUT2D eigenvalue weighted by Gasteiger charge is -2.32. The molecule has 0 bridgehead atoms. The third-order valence-electron chi connectivity index (χ3n) is 4.60. The van der Waals surface area contributed by atoms with Gasteiger partial charge in [0, 0.05) is 37.6 Å². The van der Waals surface area contributed by atoms with Crippen LogP contribution in [0.5, 0.6) is 0 Å². The molecule has 1 aliphatic heterocycles. The van der Waals surface area contributed by atoms with Gasteiger partial charge in [-0.2, -0.15) is 5.10 Å². The summed E-state index contributed by atoms with van der Waals surface area (Å²) in [7, 11) is 0. The molecular formula is C19H20N6O. The van der Waals surface area contributed by atoms with Gasteiger partial charge in [-0.05, 0) is 18.4 Å². The first-order valence-electron chi connectivity index (χ1n) is 8.72. The number of H-pyrrole nitrogens is 1. The lowest BCUT2D eigenvalue weighted by Crippen LogP contribution is -2.45. The van der Waals surface area contributed by atoms with Gasteiger partial charge in [-0.25, -0.2) is 4.98 Å². The van der Waals surface area contributed by atoms with E-state index in [1.54, 1.807) is 6.20 Å². The number of amides is 1. The molecule has 7 heteroatoms. The van der Waals surface area contributed by atoms with Crippen LogP contribution in [0.3, 0.4) is 0 Å². The molecule has 1 aromatic carbocycles. The number of aromatic amines is 1. The Morgan fingerprint density at radius 1 is 1.15 bits per heavy atom. The fourth-order valence-electron chi connectivity index (χ4n) is 3.17. The van der Waals surface area contributed by atoms with Gasteiger partial charge in [0.2, 0.25) is 0 Å². The Labute approximate surface area is 151 Å². The second-order valence-corrected chi connectivity index (χ2v) is 6.33. The van der Waals surface area contributed by atoms with Crippen molar-refractivity contribution in [2.75, 3.05) is 18.0 Å². The molecular weight excluding hydrogens is 328 g/mol. The second kappa shape index (κ2) is 7.35. The Bertz CT molecular complexity index is 856. The zero-order valence-electron chi connectivity index (χ0n) is 14.3. The predicted molar refractivity (Wildman–Crippen MR) is 98.8 cm³/mol. The van der Waals surface area contributed by atoms with E-state index < -0.39 is 0 Å². The largest absolute Gasteiger partial charge is 0.355 e. The van der Waals surface area contributed by atoms with Gasteiger partial charge in [-0.1, -0.05) is 30.3 Å². The average molecular weight is 348 g/mol. The molecule has 0 atom stereocenters. The SMILES string of the molecule is O=C(NC1CCN(c2cc(-c3ccccc3)[nH]n2)CC1)c1cnccn1. The number of carbonyl (C=O) groups is 1. The molecule has 7 nitrogen and oxygen atoms in total. The molecule has 0 radical (unpaired) electrons. The number of anilines is 1. The molecule has 0 saturated carbocycles. The summed E-state index contributed by atoms with van der Waals surface area (Å²) in [6.07, 6.45) is 6.32. The fraction of sp³-hybridized carbons (Fsp3) is 0.263. The molecule has 0 aliphatic carbocycles. The number of carbonyl (C=O) groups excluding carboxylic acids is 1. The maximum absolute atomic E-state index is 12.2. The Morgan fingerprint density at radius 3 is 2.69 bits per heavy atom. The molecule has 132 valence electrons. The van der Waals surface area contributed by atoms with Crippen molar-refractivity contribution in [2.24, 2.45) is 0 Å². The average Bonchev–Trinajstić information content (AvgIpc) is 3.20. The third kappa shape index (κ3) is 3.56. The van der Waals surface area contributed by atoms with Gasteiger partial charge in [-0.15, -0.1) is 0 Å². The lowest BCUT2D eigenvalue weighted by atomic mass is 10.0. The maximum Gasteiger partial charge on any atom is 0.271 e. The molecule has 0 unspecified atom stereocenters. The molecule has 1 fully saturated rings. The van der Waals surface area contributed by atoms with Gasteiger partial charge in [0.05, 0.1) is 11.9 Å². The normalized spacial score (nSPS) is 15.0. The van der Waals surface area contributed by atoms with Gasteiger partial charge < -0.3 is 10.2 Å². The molecule has 0 spiro atoms. The zero-order chi connectivity index (χ0) is 17.8. The fourth-order valence-corrected chi connectivity index (χ4v) is 3.17. The monoisotopic (exact) mass is 348 g/mol. The Morgan fingerprint density at radius 2 is 1.96 bits per heavy atom. The molecule has 1 saturated heterocycles. The van der Waals surface area contributed by atoms with Crippen LogP contribution in [0.25, 0.3) is 11.3 Å². The molecule has 3 heterocycles. The van der Waals surface area contributed by atoms with E-state index in [4.69, 9.17) is 0 Å². The molecule has 1 aliphatic rings. The van der Waals surface area contributed by atoms with Crippen molar-refractivity contribution in [2.45, 2.75) is 18.9 Å². The van der Waals surface area contributed by atoms with Crippen LogP contribution in [-0.2, 0) is 0 Å². The number of rotatable bonds is 4. The number of hydrogen-bond donors (Lipinski definition) is 2. The molecule has 2 N–H and O–H groups in total. The Hall–Kier alpha value is -3.22. The van der Waals surface area contributed by atoms with Crippen molar-refractivity contribution >= 4 is 11.7 Å². The number of benzene rings is 1. The highest BCUT2D eigenvalue weighted by Crippen LogP contribution is 2.24. The van der Waals surface area contributed by atoms with Gasteiger partial charge >= 0.3 is 0 Å². The third-order valence-corrected chi connectivity index (χ3v) is 4.60. The number of nitrogens with zero attached hydrogens (tertiary/aromatic N) is 4. The molecule has 1 amide bonds. The summed E-state index contributed by atoms with van der Waals surface area (Å²) in [5.41, 5.74) is 2.49. The second-order valence-electron chi connectivity index (χ2n) is 6.33. The van der Waals surface area contributed by atoms with Crippen LogP contribution in [-0.4, -0.2) is 45.2 Å². The van der Waals surface area contributed by atoms with Gasteiger partial charge in [0.25, 0.3) is 5.91 Å². The Kier molecular flexibility index (Phi) is 4.59. The van der Waals surface area contributed by atoms with Crippen LogP contribution in [0, 0.1) is 0 Å². The lowest BCUT2D eigenvalue weighted by molar-refractivity contribution is 0.0925. The molecule has 2 aromatic heterocycles. The maximum atomic E-state index is 12.2. The van der Waals surface area contributed by atoms with Crippen molar-refractivity contribution in [3.8, 4) is 11.3 Å². The summed E-state index contributed by atoms with van der Waals surface area (Å²) >= 11 is 0. The van der Waals surface area contributed by atoms with Crippen LogP contribution in [0.2, 0.25) is 0 Å². The van der Waals surface area contributed by atoms with Gasteiger partial charge in [-0.3, -0.25) is 14.9 Å². The highest BCUT2D eigenvalue weighted by atomic mass is 16.1. The quantitative estimate of drug-likeness (QED) is 0.755. The van der Waals surface area contributed by atoms with Crippen molar-refractivity contribution in [1.29, 1.82) is 0 Å². The predicted octanol–water partition coefficient (Wildman–Crippen LogP) is 2.27. The summed E-state index contributed by atoms with van der Waals surface area (Å²) in [5.74, 6) is 0.783. The summed E-state index contributed by atoms with van der Waals surface area (Å²) in [6, 6.07) is 12.4. The van der Waals surface area contributed by atoms with Crippen molar-refractivity contribution in [3.05, 3.63) is 60.7 Å². The van der Waals surface area contributed by atoms with E-state index in [9.17, 15) is 4.79 Å².